The summed E-state index contributed by atoms with van der Waals surface area (Å²) in [5.74, 6) is 0. The molecule has 1 aliphatic carbocycles. The lowest BCUT2D eigenvalue weighted by atomic mass is 10.1. The molecule has 1 aromatic heterocycles. The van der Waals surface area contributed by atoms with Gasteiger partial charge in [0, 0.05) is 10.9 Å². The average Bonchev–Trinajstić information content (AvgIpc) is 2.79. The molecular weight excluding hydrogens is 354 g/mol. The molecule has 0 spiro atoms. The summed E-state index contributed by atoms with van der Waals surface area (Å²) in [6, 6.07) is 13.9. The monoisotopic (exact) mass is 377 g/mol. The molecule has 0 fully saturated rings. The van der Waals surface area contributed by atoms with E-state index in [0.29, 0.717) is 6.04 Å². The molecule has 3 heteroatoms. The second-order valence-corrected chi connectivity index (χ2v) is 8.69. The Balaban J connectivity index is 1.34. The van der Waals surface area contributed by atoms with E-state index in [1.807, 2.05) is 11.3 Å². The molecule has 1 heterocycles. The van der Waals surface area contributed by atoms with Gasteiger partial charge in [-0.25, -0.2) is 0 Å². The van der Waals surface area contributed by atoms with Gasteiger partial charge < -0.3 is 5.32 Å². The molecule has 118 valence electrons. The molecular formula is C19H24BrNS. The molecule has 0 saturated carbocycles. The van der Waals surface area contributed by atoms with Crippen LogP contribution in [0.5, 0.6) is 0 Å². The molecule has 1 aliphatic rings. The van der Waals surface area contributed by atoms with Crippen LogP contribution in [0.3, 0.4) is 0 Å². The van der Waals surface area contributed by atoms with E-state index >= 15 is 0 Å². The number of nitrogens with one attached hydrogen (secondary N) is 1. The maximum atomic E-state index is 3.78. The van der Waals surface area contributed by atoms with Crippen LogP contribution in [0.25, 0.3) is 0 Å². The summed E-state index contributed by atoms with van der Waals surface area (Å²) in [6.07, 6.45) is 8.82. The van der Waals surface area contributed by atoms with Crippen molar-refractivity contribution in [3.63, 3.8) is 0 Å². The normalized spacial score (nSPS) is 18.0. The number of benzene rings is 1. The summed E-state index contributed by atoms with van der Waals surface area (Å²) in [5.41, 5.74) is 3.04. The van der Waals surface area contributed by atoms with E-state index in [9.17, 15) is 0 Å². The SMILES string of the molecule is Brc1cc2c(s1)CCC(NCCCCc1ccccc1)CC2. The Kier molecular flexibility index (Phi) is 6.11. The highest BCUT2D eigenvalue weighted by atomic mass is 79.9. The first-order valence-corrected chi connectivity index (χ1v) is 9.96. The van der Waals surface area contributed by atoms with Gasteiger partial charge in [0.25, 0.3) is 0 Å². The standard InChI is InChI=1S/C19H24BrNS/c20-19-14-16-9-10-17(11-12-18(16)22-19)21-13-5-4-8-15-6-2-1-3-7-15/h1-3,6-7,14,17,21H,4-5,8-13H2. The van der Waals surface area contributed by atoms with Gasteiger partial charge in [0.15, 0.2) is 0 Å². The molecule has 0 amide bonds. The molecule has 1 unspecified atom stereocenters. The van der Waals surface area contributed by atoms with Crippen molar-refractivity contribution in [1.82, 2.24) is 5.32 Å². The quantitative estimate of drug-likeness (QED) is 0.526. The summed E-state index contributed by atoms with van der Waals surface area (Å²) >= 11 is 5.54. The summed E-state index contributed by atoms with van der Waals surface area (Å²) in [7, 11) is 0. The Labute approximate surface area is 146 Å². The second kappa shape index (κ2) is 8.28. The van der Waals surface area contributed by atoms with Crippen LogP contribution in [0, 0.1) is 0 Å². The molecule has 22 heavy (non-hydrogen) atoms. The Morgan fingerprint density at radius 3 is 2.77 bits per heavy atom. The summed E-state index contributed by atoms with van der Waals surface area (Å²) in [6.45, 7) is 1.16. The van der Waals surface area contributed by atoms with Gasteiger partial charge in [0.1, 0.15) is 0 Å². The van der Waals surface area contributed by atoms with E-state index in [1.165, 1.54) is 54.3 Å². The van der Waals surface area contributed by atoms with Crippen LogP contribution in [0.1, 0.15) is 41.7 Å². The van der Waals surface area contributed by atoms with Gasteiger partial charge in [-0.3, -0.25) is 0 Å². The van der Waals surface area contributed by atoms with E-state index < -0.39 is 0 Å². The first-order chi connectivity index (χ1) is 10.8. The maximum absolute atomic E-state index is 3.78. The number of unbranched alkanes of at least 4 members (excludes halogenated alkanes) is 1. The van der Waals surface area contributed by atoms with Crippen molar-refractivity contribution in [2.75, 3.05) is 6.54 Å². The third-order valence-corrected chi connectivity index (χ3v) is 6.26. The van der Waals surface area contributed by atoms with Gasteiger partial charge in [-0.1, -0.05) is 30.3 Å². The van der Waals surface area contributed by atoms with Crippen molar-refractivity contribution in [2.45, 2.75) is 51.0 Å². The predicted molar refractivity (Wildman–Crippen MR) is 99.8 cm³/mol. The highest BCUT2D eigenvalue weighted by Crippen LogP contribution is 2.32. The van der Waals surface area contributed by atoms with E-state index in [-0.39, 0.29) is 0 Å². The smallest absolute Gasteiger partial charge is 0.0704 e. The average molecular weight is 378 g/mol. The lowest BCUT2D eigenvalue weighted by Crippen LogP contribution is -2.30. The Morgan fingerprint density at radius 1 is 1.09 bits per heavy atom. The highest BCUT2D eigenvalue weighted by molar-refractivity contribution is 9.11. The maximum Gasteiger partial charge on any atom is 0.0704 e. The zero-order chi connectivity index (χ0) is 15.2. The molecule has 0 aliphatic heterocycles. The lowest BCUT2D eigenvalue weighted by molar-refractivity contribution is 0.455. The molecule has 0 radical (unpaired) electrons. The largest absolute Gasteiger partial charge is 0.314 e. The van der Waals surface area contributed by atoms with E-state index in [2.05, 4.69) is 57.6 Å². The fourth-order valence-corrected chi connectivity index (χ4v) is 5.05. The third kappa shape index (κ3) is 4.68. The first-order valence-electron chi connectivity index (χ1n) is 8.35. The lowest BCUT2D eigenvalue weighted by Gasteiger charge is -2.16. The Hall–Kier alpha value is -0.640. The fourth-order valence-electron chi connectivity index (χ4n) is 3.24. The van der Waals surface area contributed by atoms with Crippen molar-refractivity contribution in [1.29, 1.82) is 0 Å². The molecule has 1 aromatic carbocycles. The van der Waals surface area contributed by atoms with E-state index in [0.717, 1.165) is 6.54 Å². The number of hydrogen-bond acceptors (Lipinski definition) is 2. The molecule has 1 N–H and O–H groups in total. The van der Waals surface area contributed by atoms with Gasteiger partial charge >= 0.3 is 0 Å². The minimum atomic E-state index is 0.704. The minimum Gasteiger partial charge on any atom is -0.314 e. The van der Waals surface area contributed by atoms with Gasteiger partial charge in [-0.05, 0) is 84.6 Å². The highest BCUT2D eigenvalue weighted by Gasteiger charge is 2.17. The third-order valence-electron chi connectivity index (χ3n) is 4.52. The van der Waals surface area contributed by atoms with Crippen LogP contribution in [0.2, 0.25) is 0 Å². The van der Waals surface area contributed by atoms with Crippen molar-refractivity contribution < 1.29 is 0 Å². The predicted octanol–water partition coefficient (Wildman–Crippen LogP) is 5.37. The van der Waals surface area contributed by atoms with Crippen LogP contribution in [0.15, 0.2) is 40.2 Å². The van der Waals surface area contributed by atoms with Gasteiger partial charge in [0.2, 0.25) is 0 Å². The Bertz CT molecular complexity index is 553. The summed E-state index contributed by atoms with van der Waals surface area (Å²) < 4.78 is 1.30. The van der Waals surface area contributed by atoms with Gasteiger partial charge in [-0.2, -0.15) is 0 Å². The zero-order valence-corrected chi connectivity index (χ0v) is 15.4. The van der Waals surface area contributed by atoms with Gasteiger partial charge in [0.05, 0.1) is 3.79 Å². The molecule has 1 atom stereocenters. The van der Waals surface area contributed by atoms with Crippen LogP contribution in [0.4, 0.5) is 0 Å². The fraction of sp³-hybridized carbons (Fsp3) is 0.474. The van der Waals surface area contributed by atoms with E-state index in [1.54, 1.807) is 10.4 Å². The zero-order valence-electron chi connectivity index (χ0n) is 13.0. The molecule has 3 rings (SSSR count). The van der Waals surface area contributed by atoms with Crippen LogP contribution >= 0.6 is 27.3 Å². The van der Waals surface area contributed by atoms with E-state index in [4.69, 9.17) is 0 Å². The number of aryl methyl sites for hydroxylation is 3. The molecule has 0 saturated heterocycles. The van der Waals surface area contributed by atoms with Crippen LogP contribution in [-0.2, 0) is 19.3 Å². The number of thiophene rings is 1. The van der Waals surface area contributed by atoms with Crippen molar-refractivity contribution in [3.05, 3.63) is 56.2 Å². The van der Waals surface area contributed by atoms with Crippen molar-refractivity contribution in [2.24, 2.45) is 0 Å². The first kappa shape index (κ1) is 16.2. The number of halogens is 1. The Morgan fingerprint density at radius 2 is 1.91 bits per heavy atom. The second-order valence-electron chi connectivity index (χ2n) is 6.17. The minimum absolute atomic E-state index is 0.704. The molecule has 1 nitrogen and oxygen atoms in total. The number of fused-ring (bicyclic) bond motifs is 1. The van der Waals surface area contributed by atoms with Crippen LogP contribution in [-0.4, -0.2) is 12.6 Å². The summed E-state index contributed by atoms with van der Waals surface area (Å²) in [5, 5.41) is 3.78. The van der Waals surface area contributed by atoms with Crippen molar-refractivity contribution >= 4 is 27.3 Å². The molecule has 2 aromatic rings. The number of hydrogen-bond donors (Lipinski definition) is 1. The number of rotatable bonds is 6. The summed E-state index contributed by atoms with van der Waals surface area (Å²) in [4.78, 5) is 1.60. The molecule has 0 bridgehead atoms. The van der Waals surface area contributed by atoms with Crippen molar-refractivity contribution in [3.8, 4) is 0 Å². The van der Waals surface area contributed by atoms with Crippen LogP contribution < -0.4 is 5.32 Å². The van der Waals surface area contributed by atoms with Gasteiger partial charge in [-0.15, -0.1) is 11.3 Å². The topological polar surface area (TPSA) is 12.0 Å².